The van der Waals surface area contributed by atoms with E-state index in [1.807, 2.05) is 0 Å². The van der Waals surface area contributed by atoms with Crippen molar-refractivity contribution in [2.24, 2.45) is 0 Å². The topological polar surface area (TPSA) is 28.7 Å². The lowest BCUT2D eigenvalue weighted by molar-refractivity contribution is 0.510. The lowest BCUT2D eigenvalue weighted by Crippen LogP contribution is -1.82. The maximum atomic E-state index is 13.1. The zero-order chi connectivity index (χ0) is 13.6. The van der Waals surface area contributed by atoms with Gasteiger partial charge in [-0.1, -0.05) is 27.5 Å². The summed E-state index contributed by atoms with van der Waals surface area (Å²) in [5.41, 5.74) is 1.43. The lowest BCUT2D eigenvalue weighted by atomic mass is 10.2. The number of halogens is 4. The van der Waals surface area contributed by atoms with Crippen LogP contribution in [0.25, 0.3) is 22.4 Å². The van der Waals surface area contributed by atoms with Crippen LogP contribution in [0, 0.1) is 11.6 Å². The van der Waals surface area contributed by atoms with E-state index in [1.54, 1.807) is 18.2 Å². The third-order valence-corrected chi connectivity index (χ3v) is 3.53. The molecule has 0 saturated heterocycles. The predicted molar refractivity (Wildman–Crippen MR) is 74.2 cm³/mol. The number of H-pyrrole nitrogens is 1. The monoisotopic (exact) mass is 342 g/mol. The highest BCUT2D eigenvalue weighted by Gasteiger charge is 2.12. The van der Waals surface area contributed by atoms with Crippen molar-refractivity contribution in [3.63, 3.8) is 0 Å². The summed E-state index contributed by atoms with van der Waals surface area (Å²) < 4.78 is 27.1. The smallest absolute Gasteiger partial charge is 0.161 e. The van der Waals surface area contributed by atoms with Crippen molar-refractivity contribution in [1.82, 2.24) is 9.97 Å². The standard InChI is InChI=1S/C13H6BrClF2N2/c14-6-1-2-8(15)7(3-6)13-18-11-4-9(16)10(17)5-12(11)19-13/h1-5H,(H,18,19). The number of aromatic nitrogens is 2. The molecule has 3 aromatic rings. The van der Waals surface area contributed by atoms with Crippen molar-refractivity contribution < 1.29 is 8.78 Å². The van der Waals surface area contributed by atoms with E-state index in [0.717, 1.165) is 16.6 Å². The van der Waals surface area contributed by atoms with Gasteiger partial charge in [-0.3, -0.25) is 0 Å². The van der Waals surface area contributed by atoms with Gasteiger partial charge in [-0.05, 0) is 18.2 Å². The Balaban J connectivity index is 2.23. The molecule has 0 aliphatic carbocycles. The summed E-state index contributed by atoms with van der Waals surface area (Å²) >= 11 is 9.43. The summed E-state index contributed by atoms with van der Waals surface area (Å²) in [6.45, 7) is 0. The number of aromatic amines is 1. The number of benzene rings is 2. The highest BCUT2D eigenvalue weighted by molar-refractivity contribution is 9.10. The number of hydrogen-bond acceptors (Lipinski definition) is 1. The second kappa shape index (κ2) is 4.58. The quantitative estimate of drug-likeness (QED) is 0.667. The van der Waals surface area contributed by atoms with Crippen LogP contribution in [0.4, 0.5) is 8.78 Å². The van der Waals surface area contributed by atoms with E-state index in [4.69, 9.17) is 11.6 Å². The van der Waals surface area contributed by atoms with Crippen LogP contribution in [-0.4, -0.2) is 9.97 Å². The fourth-order valence-electron chi connectivity index (χ4n) is 1.81. The van der Waals surface area contributed by atoms with Crippen molar-refractivity contribution in [1.29, 1.82) is 0 Å². The molecule has 0 amide bonds. The molecule has 2 aromatic carbocycles. The second-order valence-corrected chi connectivity index (χ2v) is 5.32. The highest BCUT2D eigenvalue weighted by atomic mass is 79.9. The number of imidazole rings is 1. The van der Waals surface area contributed by atoms with Crippen LogP contribution in [0.15, 0.2) is 34.8 Å². The molecule has 0 aliphatic heterocycles. The van der Waals surface area contributed by atoms with E-state index in [-0.39, 0.29) is 0 Å². The highest BCUT2D eigenvalue weighted by Crippen LogP contribution is 2.30. The van der Waals surface area contributed by atoms with Gasteiger partial charge in [0, 0.05) is 22.2 Å². The van der Waals surface area contributed by atoms with E-state index < -0.39 is 11.6 Å². The first-order chi connectivity index (χ1) is 9.04. The summed E-state index contributed by atoms with van der Waals surface area (Å²) in [5, 5.41) is 0.503. The fraction of sp³-hybridized carbons (Fsp3) is 0. The Labute approximate surface area is 120 Å². The molecule has 1 aromatic heterocycles. The molecule has 0 atom stereocenters. The Morgan fingerprint density at radius 1 is 1.11 bits per heavy atom. The first-order valence-electron chi connectivity index (χ1n) is 5.35. The molecule has 0 bridgehead atoms. The average Bonchev–Trinajstić information content (AvgIpc) is 2.75. The first kappa shape index (κ1) is 12.6. The molecule has 3 rings (SSSR count). The van der Waals surface area contributed by atoms with Gasteiger partial charge < -0.3 is 4.98 Å². The van der Waals surface area contributed by atoms with Crippen LogP contribution in [-0.2, 0) is 0 Å². The lowest BCUT2D eigenvalue weighted by Gasteiger charge is -2.00. The van der Waals surface area contributed by atoms with Gasteiger partial charge in [-0.25, -0.2) is 13.8 Å². The van der Waals surface area contributed by atoms with Crippen molar-refractivity contribution in [2.75, 3.05) is 0 Å². The summed E-state index contributed by atoms with van der Waals surface area (Å²) in [6, 6.07) is 7.43. The number of nitrogens with one attached hydrogen (secondary N) is 1. The third-order valence-electron chi connectivity index (χ3n) is 2.71. The number of fused-ring (bicyclic) bond motifs is 1. The SMILES string of the molecule is Fc1cc2nc(-c3cc(Br)ccc3Cl)[nH]c2cc1F. The van der Waals surface area contributed by atoms with Crippen molar-refractivity contribution in [3.8, 4) is 11.4 Å². The van der Waals surface area contributed by atoms with Gasteiger partial charge in [0.2, 0.25) is 0 Å². The summed E-state index contributed by atoms with van der Waals surface area (Å²) in [4.78, 5) is 7.14. The summed E-state index contributed by atoms with van der Waals surface area (Å²) in [6.07, 6.45) is 0. The molecule has 0 unspecified atom stereocenters. The number of rotatable bonds is 1. The molecule has 1 N–H and O–H groups in total. The van der Waals surface area contributed by atoms with Gasteiger partial charge in [0.25, 0.3) is 0 Å². The Morgan fingerprint density at radius 3 is 2.63 bits per heavy atom. The normalized spacial score (nSPS) is 11.2. The van der Waals surface area contributed by atoms with Crippen LogP contribution in [0.5, 0.6) is 0 Å². The average molecular weight is 344 g/mol. The minimum Gasteiger partial charge on any atom is -0.338 e. The van der Waals surface area contributed by atoms with Crippen LogP contribution in [0.1, 0.15) is 0 Å². The molecule has 96 valence electrons. The number of nitrogens with zero attached hydrogens (tertiary/aromatic N) is 1. The molecular formula is C13H6BrClF2N2. The molecule has 0 spiro atoms. The van der Waals surface area contributed by atoms with Gasteiger partial charge >= 0.3 is 0 Å². The van der Waals surface area contributed by atoms with Crippen LogP contribution in [0.2, 0.25) is 5.02 Å². The van der Waals surface area contributed by atoms with E-state index in [0.29, 0.717) is 27.4 Å². The first-order valence-corrected chi connectivity index (χ1v) is 6.52. The summed E-state index contributed by atoms with van der Waals surface area (Å²) in [5.74, 6) is -1.37. The molecule has 19 heavy (non-hydrogen) atoms. The molecule has 0 saturated carbocycles. The predicted octanol–water partition coefficient (Wildman–Crippen LogP) is 4.92. The molecule has 0 aliphatic rings. The van der Waals surface area contributed by atoms with Crippen LogP contribution in [0.3, 0.4) is 0 Å². The van der Waals surface area contributed by atoms with Crippen molar-refractivity contribution in [2.45, 2.75) is 0 Å². The van der Waals surface area contributed by atoms with Gasteiger partial charge in [0.1, 0.15) is 5.82 Å². The Bertz CT molecular complexity index is 747. The maximum Gasteiger partial charge on any atom is 0.161 e. The van der Waals surface area contributed by atoms with Gasteiger partial charge in [0.15, 0.2) is 11.6 Å². The Hall–Kier alpha value is -1.46. The van der Waals surface area contributed by atoms with Crippen LogP contribution < -0.4 is 0 Å². The third kappa shape index (κ3) is 2.24. The van der Waals surface area contributed by atoms with Crippen molar-refractivity contribution >= 4 is 38.6 Å². The maximum absolute atomic E-state index is 13.1. The fourth-order valence-corrected chi connectivity index (χ4v) is 2.38. The summed E-state index contributed by atoms with van der Waals surface area (Å²) in [7, 11) is 0. The molecule has 6 heteroatoms. The Kier molecular flexibility index (Phi) is 3.03. The molecular weight excluding hydrogens is 338 g/mol. The van der Waals surface area contributed by atoms with E-state index in [9.17, 15) is 8.78 Å². The number of hydrogen-bond donors (Lipinski definition) is 1. The zero-order valence-corrected chi connectivity index (χ0v) is 11.7. The van der Waals surface area contributed by atoms with Gasteiger partial charge in [0.05, 0.1) is 16.1 Å². The van der Waals surface area contributed by atoms with Crippen LogP contribution >= 0.6 is 27.5 Å². The van der Waals surface area contributed by atoms with E-state index >= 15 is 0 Å². The minimum absolute atomic E-state index is 0.352. The molecule has 0 radical (unpaired) electrons. The van der Waals surface area contributed by atoms with Gasteiger partial charge in [-0.15, -0.1) is 0 Å². The molecule has 0 fully saturated rings. The zero-order valence-electron chi connectivity index (χ0n) is 9.35. The van der Waals surface area contributed by atoms with Crippen molar-refractivity contribution in [3.05, 3.63) is 51.5 Å². The van der Waals surface area contributed by atoms with E-state index in [2.05, 4.69) is 25.9 Å². The van der Waals surface area contributed by atoms with E-state index in [1.165, 1.54) is 0 Å². The Morgan fingerprint density at radius 2 is 1.84 bits per heavy atom. The molecule has 1 heterocycles. The second-order valence-electron chi connectivity index (χ2n) is 3.99. The van der Waals surface area contributed by atoms with Gasteiger partial charge in [-0.2, -0.15) is 0 Å². The molecule has 2 nitrogen and oxygen atoms in total. The minimum atomic E-state index is -0.925. The largest absolute Gasteiger partial charge is 0.338 e.